The van der Waals surface area contributed by atoms with Crippen LogP contribution in [0.3, 0.4) is 0 Å². The van der Waals surface area contributed by atoms with Gasteiger partial charge in [0.2, 0.25) is 0 Å². The van der Waals surface area contributed by atoms with Crippen LogP contribution in [0.2, 0.25) is 0 Å². The largest absolute Gasteiger partial charge is 0.372 e. The van der Waals surface area contributed by atoms with Crippen LogP contribution in [0.4, 0.5) is 11.4 Å². The van der Waals surface area contributed by atoms with Gasteiger partial charge in [-0.25, -0.2) is 0 Å². The van der Waals surface area contributed by atoms with E-state index in [1.165, 1.54) is 6.07 Å². The molecule has 0 spiro atoms. The minimum atomic E-state index is -0.407. The van der Waals surface area contributed by atoms with E-state index < -0.39 is 4.92 Å². The van der Waals surface area contributed by atoms with Gasteiger partial charge in [-0.1, -0.05) is 12.1 Å². The van der Waals surface area contributed by atoms with E-state index in [1.54, 1.807) is 24.5 Å². The predicted molar refractivity (Wildman–Crippen MR) is 70.8 cm³/mol. The Hall–Kier alpha value is -2.44. The molecular weight excluding hydrogens is 246 g/mol. The predicted octanol–water partition coefficient (Wildman–Crippen LogP) is 2.38. The lowest BCUT2D eigenvalue weighted by atomic mass is 10.2. The van der Waals surface area contributed by atoms with Crippen molar-refractivity contribution in [1.29, 1.82) is 0 Å². The number of rotatable bonds is 5. The summed E-state index contributed by atoms with van der Waals surface area (Å²) in [7, 11) is 0. The van der Waals surface area contributed by atoms with E-state index in [2.05, 4.69) is 15.5 Å². The van der Waals surface area contributed by atoms with Gasteiger partial charge in [0.15, 0.2) is 5.82 Å². The number of hydrogen-bond acceptors (Lipinski definition) is 5. The van der Waals surface area contributed by atoms with Crippen LogP contribution in [0.15, 0.2) is 30.6 Å². The molecule has 0 radical (unpaired) electrons. The highest BCUT2D eigenvalue weighted by Gasteiger charge is 2.13. The second-order valence-corrected chi connectivity index (χ2v) is 4.38. The Bertz CT molecular complexity index is 579. The first kappa shape index (κ1) is 13.0. The highest BCUT2D eigenvalue weighted by atomic mass is 16.6. The standard InChI is InChI=1S/C12H15N5O2/c1-9(2)16-8-14-15-12(16)7-13-10-5-3-4-6-11(10)17(18)19/h3-6,8-9,13H,7H2,1-2H3. The van der Waals surface area contributed by atoms with Gasteiger partial charge in [-0.2, -0.15) is 0 Å². The number of aromatic nitrogens is 3. The van der Waals surface area contributed by atoms with E-state index in [4.69, 9.17) is 0 Å². The van der Waals surface area contributed by atoms with Crippen LogP contribution in [0.25, 0.3) is 0 Å². The Kier molecular flexibility index (Phi) is 3.74. The van der Waals surface area contributed by atoms with Crippen LogP contribution in [-0.4, -0.2) is 19.7 Å². The van der Waals surface area contributed by atoms with Gasteiger partial charge >= 0.3 is 0 Å². The summed E-state index contributed by atoms with van der Waals surface area (Å²) in [4.78, 5) is 10.5. The number of nitrogens with one attached hydrogen (secondary N) is 1. The molecule has 1 heterocycles. The maximum atomic E-state index is 10.9. The molecule has 100 valence electrons. The number of benzene rings is 1. The molecule has 1 N–H and O–H groups in total. The monoisotopic (exact) mass is 261 g/mol. The molecule has 1 aromatic carbocycles. The summed E-state index contributed by atoms with van der Waals surface area (Å²) < 4.78 is 1.92. The van der Waals surface area contributed by atoms with E-state index in [1.807, 2.05) is 18.4 Å². The van der Waals surface area contributed by atoms with E-state index in [0.717, 1.165) is 5.82 Å². The molecule has 2 aromatic rings. The van der Waals surface area contributed by atoms with Crippen LogP contribution in [0.1, 0.15) is 25.7 Å². The van der Waals surface area contributed by atoms with E-state index in [9.17, 15) is 10.1 Å². The molecule has 0 aliphatic heterocycles. The van der Waals surface area contributed by atoms with Crippen molar-refractivity contribution in [1.82, 2.24) is 14.8 Å². The maximum Gasteiger partial charge on any atom is 0.292 e. The maximum absolute atomic E-state index is 10.9. The third kappa shape index (κ3) is 2.87. The molecule has 19 heavy (non-hydrogen) atoms. The fraction of sp³-hybridized carbons (Fsp3) is 0.333. The van der Waals surface area contributed by atoms with E-state index in [0.29, 0.717) is 12.2 Å². The quantitative estimate of drug-likeness (QED) is 0.659. The molecular formula is C12H15N5O2. The molecule has 0 aliphatic rings. The highest BCUT2D eigenvalue weighted by Crippen LogP contribution is 2.23. The Morgan fingerprint density at radius 3 is 2.84 bits per heavy atom. The number of para-hydroxylation sites is 2. The summed E-state index contributed by atoms with van der Waals surface area (Å²) in [6.07, 6.45) is 1.65. The molecule has 0 saturated carbocycles. The van der Waals surface area contributed by atoms with Crippen molar-refractivity contribution in [3.8, 4) is 0 Å². The zero-order valence-corrected chi connectivity index (χ0v) is 10.8. The fourth-order valence-corrected chi connectivity index (χ4v) is 1.78. The first-order valence-electron chi connectivity index (χ1n) is 5.95. The molecule has 0 unspecified atom stereocenters. The number of nitro groups is 1. The molecule has 7 nitrogen and oxygen atoms in total. The Labute approximate surface area is 110 Å². The minimum absolute atomic E-state index is 0.0538. The summed E-state index contributed by atoms with van der Waals surface area (Å²) >= 11 is 0. The lowest BCUT2D eigenvalue weighted by Crippen LogP contribution is -2.10. The normalized spacial score (nSPS) is 10.7. The molecule has 0 atom stereocenters. The minimum Gasteiger partial charge on any atom is -0.372 e. The average Bonchev–Trinajstić information content (AvgIpc) is 2.85. The van der Waals surface area contributed by atoms with Crippen molar-refractivity contribution in [2.24, 2.45) is 0 Å². The molecule has 0 bridgehead atoms. The molecule has 0 fully saturated rings. The average molecular weight is 261 g/mol. The Morgan fingerprint density at radius 1 is 1.42 bits per heavy atom. The highest BCUT2D eigenvalue weighted by molar-refractivity contribution is 5.60. The first-order chi connectivity index (χ1) is 9.09. The van der Waals surface area contributed by atoms with Crippen molar-refractivity contribution in [3.05, 3.63) is 46.5 Å². The second-order valence-electron chi connectivity index (χ2n) is 4.38. The topological polar surface area (TPSA) is 85.9 Å². The van der Waals surface area contributed by atoms with Gasteiger partial charge in [0.25, 0.3) is 5.69 Å². The van der Waals surface area contributed by atoms with Crippen LogP contribution in [0.5, 0.6) is 0 Å². The Morgan fingerprint density at radius 2 is 2.16 bits per heavy atom. The lowest BCUT2D eigenvalue weighted by Gasteiger charge is -2.11. The van der Waals surface area contributed by atoms with E-state index >= 15 is 0 Å². The van der Waals surface area contributed by atoms with Crippen LogP contribution < -0.4 is 5.32 Å². The third-order valence-electron chi connectivity index (χ3n) is 2.74. The number of anilines is 1. The molecule has 2 rings (SSSR count). The third-order valence-corrected chi connectivity index (χ3v) is 2.74. The number of nitrogens with zero attached hydrogens (tertiary/aromatic N) is 4. The fourth-order valence-electron chi connectivity index (χ4n) is 1.78. The molecule has 0 saturated heterocycles. The first-order valence-corrected chi connectivity index (χ1v) is 5.95. The smallest absolute Gasteiger partial charge is 0.292 e. The van der Waals surface area contributed by atoms with Gasteiger partial charge in [0, 0.05) is 12.1 Å². The molecule has 1 aromatic heterocycles. The number of nitro benzene ring substituents is 1. The summed E-state index contributed by atoms with van der Waals surface area (Å²) in [5, 5.41) is 21.8. The number of hydrogen-bond donors (Lipinski definition) is 1. The van der Waals surface area contributed by atoms with Gasteiger partial charge in [-0.15, -0.1) is 10.2 Å². The van der Waals surface area contributed by atoms with Crippen LogP contribution in [-0.2, 0) is 6.54 Å². The van der Waals surface area contributed by atoms with Crippen molar-refractivity contribution in [2.75, 3.05) is 5.32 Å². The van der Waals surface area contributed by atoms with Crippen molar-refractivity contribution in [3.63, 3.8) is 0 Å². The second kappa shape index (κ2) is 5.47. The van der Waals surface area contributed by atoms with Gasteiger partial charge < -0.3 is 9.88 Å². The summed E-state index contributed by atoms with van der Waals surface area (Å²) in [6.45, 7) is 4.44. The van der Waals surface area contributed by atoms with Gasteiger partial charge in [-0.3, -0.25) is 10.1 Å². The zero-order valence-electron chi connectivity index (χ0n) is 10.8. The van der Waals surface area contributed by atoms with Crippen molar-refractivity contribution < 1.29 is 4.92 Å². The zero-order chi connectivity index (χ0) is 13.8. The molecule has 7 heteroatoms. The van der Waals surface area contributed by atoms with Crippen LogP contribution >= 0.6 is 0 Å². The van der Waals surface area contributed by atoms with E-state index in [-0.39, 0.29) is 11.7 Å². The van der Waals surface area contributed by atoms with Crippen molar-refractivity contribution >= 4 is 11.4 Å². The summed E-state index contributed by atoms with van der Waals surface area (Å²) in [5.74, 6) is 0.744. The van der Waals surface area contributed by atoms with Crippen molar-refractivity contribution in [2.45, 2.75) is 26.4 Å². The molecule has 0 aliphatic carbocycles. The van der Waals surface area contributed by atoms with Gasteiger partial charge in [0.1, 0.15) is 12.0 Å². The van der Waals surface area contributed by atoms with Gasteiger partial charge in [0.05, 0.1) is 11.5 Å². The lowest BCUT2D eigenvalue weighted by molar-refractivity contribution is -0.384. The summed E-state index contributed by atoms with van der Waals surface area (Å²) in [6, 6.07) is 6.78. The van der Waals surface area contributed by atoms with Crippen LogP contribution in [0, 0.1) is 10.1 Å². The summed E-state index contributed by atoms with van der Waals surface area (Å²) in [5.41, 5.74) is 0.531. The van der Waals surface area contributed by atoms with Gasteiger partial charge in [-0.05, 0) is 19.9 Å². The SMILES string of the molecule is CC(C)n1cnnc1CNc1ccccc1[N+](=O)[O-]. The Balaban J connectivity index is 2.15. The molecule has 0 amide bonds.